The lowest BCUT2D eigenvalue weighted by Crippen LogP contribution is -2.15. The number of aromatic nitrogens is 3. The minimum atomic E-state index is -3.90. The number of para-hydroxylation sites is 1. The summed E-state index contributed by atoms with van der Waals surface area (Å²) in [6, 6.07) is 17.6. The van der Waals surface area contributed by atoms with E-state index in [0.29, 0.717) is 28.8 Å². The van der Waals surface area contributed by atoms with Crippen molar-refractivity contribution in [1.82, 2.24) is 14.4 Å². The van der Waals surface area contributed by atoms with E-state index < -0.39 is 10.0 Å². The Balaban J connectivity index is 1.94. The largest absolute Gasteiger partial charge is 0.493 e. The Labute approximate surface area is 151 Å². The number of hydrogen-bond acceptors (Lipinski definition) is 5. The smallest absolute Gasteiger partial charge is 0.285 e. The number of hydrogen-bond donors (Lipinski definition) is 0. The maximum atomic E-state index is 13.3. The quantitative estimate of drug-likeness (QED) is 0.539. The molecule has 0 N–H and O–H groups in total. The normalized spacial score (nSPS) is 11.9. The number of fused-ring (bicyclic) bond motifs is 2. The fourth-order valence-corrected chi connectivity index (χ4v) is 4.35. The molecule has 7 heteroatoms. The molecular formula is C19H17N3O3S. The predicted octanol–water partition coefficient (Wildman–Crippen LogP) is 3.61. The van der Waals surface area contributed by atoms with Crippen LogP contribution in [0.4, 0.5) is 0 Å². The second-order valence-corrected chi connectivity index (χ2v) is 7.62. The van der Waals surface area contributed by atoms with E-state index in [9.17, 15) is 8.42 Å². The molecule has 0 saturated carbocycles. The number of nitrogens with zero attached hydrogens (tertiary/aromatic N) is 3. The SMILES string of the molecule is CCCOc1ccc(S(=O)(=O)n2nnc3ccccc32)c2ccccc12. The molecule has 0 aliphatic rings. The summed E-state index contributed by atoms with van der Waals surface area (Å²) in [6.45, 7) is 2.60. The van der Waals surface area contributed by atoms with Crippen LogP contribution in [-0.4, -0.2) is 29.4 Å². The zero-order valence-corrected chi connectivity index (χ0v) is 15.0. The van der Waals surface area contributed by atoms with Crippen molar-refractivity contribution < 1.29 is 13.2 Å². The molecule has 0 saturated heterocycles. The molecule has 0 bridgehead atoms. The average Bonchev–Trinajstić information content (AvgIpc) is 3.11. The van der Waals surface area contributed by atoms with Gasteiger partial charge in [-0.2, -0.15) is 8.42 Å². The molecule has 0 radical (unpaired) electrons. The first-order valence-corrected chi connectivity index (χ1v) is 9.77. The van der Waals surface area contributed by atoms with Crippen molar-refractivity contribution in [3.63, 3.8) is 0 Å². The summed E-state index contributed by atoms with van der Waals surface area (Å²) in [7, 11) is -3.90. The van der Waals surface area contributed by atoms with Crippen LogP contribution in [0.15, 0.2) is 65.6 Å². The molecule has 0 unspecified atom stereocenters. The van der Waals surface area contributed by atoms with Crippen LogP contribution < -0.4 is 4.74 Å². The molecule has 132 valence electrons. The minimum absolute atomic E-state index is 0.174. The molecule has 0 spiro atoms. The predicted molar refractivity (Wildman–Crippen MR) is 99.8 cm³/mol. The standard InChI is InChI=1S/C19H17N3O3S/c1-2-13-25-18-11-12-19(15-8-4-3-7-14(15)18)26(23,24)22-17-10-6-5-9-16(17)20-21-22/h3-12H,2,13H2,1H3. The topological polar surface area (TPSA) is 74.1 Å². The highest BCUT2D eigenvalue weighted by molar-refractivity contribution is 7.90. The van der Waals surface area contributed by atoms with Crippen molar-refractivity contribution in [3.05, 3.63) is 60.7 Å². The first-order valence-electron chi connectivity index (χ1n) is 8.33. The molecule has 26 heavy (non-hydrogen) atoms. The maximum Gasteiger partial charge on any atom is 0.285 e. The van der Waals surface area contributed by atoms with Crippen LogP contribution in [0.25, 0.3) is 21.8 Å². The van der Waals surface area contributed by atoms with Crippen LogP contribution in [0.5, 0.6) is 5.75 Å². The summed E-state index contributed by atoms with van der Waals surface area (Å²) in [5.41, 5.74) is 0.978. The van der Waals surface area contributed by atoms with Crippen LogP contribution in [0.1, 0.15) is 13.3 Å². The lowest BCUT2D eigenvalue weighted by atomic mass is 10.1. The van der Waals surface area contributed by atoms with E-state index in [1.807, 2.05) is 25.1 Å². The Morgan fingerprint density at radius 1 is 0.962 bits per heavy atom. The zero-order valence-electron chi connectivity index (χ0n) is 14.2. The lowest BCUT2D eigenvalue weighted by Gasteiger charge is -2.12. The van der Waals surface area contributed by atoms with Crippen molar-refractivity contribution in [2.24, 2.45) is 0 Å². The van der Waals surface area contributed by atoms with E-state index >= 15 is 0 Å². The summed E-state index contributed by atoms with van der Waals surface area (Å²) in [5, 5.41) is 9.18. The molecule has 0 fully saturated rings. The van der Waals surface area contributed by atoms with Gasteiger partial charge >= 0.3 is 0 Å². The third kappa shape index (κ3) is 2.61. The highest BCUT2D eigenvalue weighted by atomic mass is 32.2. The number of ether oxygens (including phenoxy) is 1. The summed E-state index contributed by atoms with van der Waals surface area (Å²) in [4.78, 5) is 0.174. The van der Waals surface area contributed by atoms with Crippen molar-refractivity contribution in [2.45, 2.75) is 18.2 Å². The van der Waals surface area contributed by atoms with E-state index in [0.717, 1.165) is 15.9 Å². The molecule has 4 aromatic rings. The summed E-state index contributed by atoms with van der Waals surface area (Å²) in [6.07, 6.45) is 0.874. The van der Waals surface area contributed by atoms with Gasteiger partial charge < -0.3 is 4.74 Å². The molecule has 4 rings (SSSR count). The minimum Gasteiger partial charge on any atom is -0.493 e. The molecule has 0 amide bonds. The van der Waals surface area contributed by atoms with Gasteiger partial charge in [0.2, 0.25) is 0 Å². The van der Waals surface area contributed by atoms with Gasteiger partial charge in [-0.25, -0.2) is 0 Å². The zero-order chi connectivity index (χ0) is 18.1. The fourth-order valence-electron chi connectivity index (χ4n) is 2.92. The molecule has 0 aliphatic carbocycles. The number of benzene rings is 3. The van der Waals surface area contributed by atoms with Gasteiger partial charge in [0.05, 0.1) is 11.5 Å². The van der Waals surface area contributed by atoms with E-state index in [1.165, 1.54) is 0 Å². The van der Waals surface area contributed by atoms with Crippen molar-refractivity contribution in [1.29, 1.82) is 0 Å². The average molecular weight is 367 g/mol. The van der Waals surface area contributed by atoms with Gasteiger partial charge in [0.15, 0.2) is 0 Å². The second kappa shape index (κ2) is 6.42. The van der Waals surface area contributed by atoms with Crippen LogP contribution in [0.2, 0.25) is 0 Å². The van der Waals surface area contributed by atoms with Crippen molar-refractivity contribution in [3.8, 4) is 5.75 Å². The van der Waals surface area contributed by atoms with Gasteiger partial charge in [0.1, 0.15) is 16.8 Å². The van der Waals surface area contributed by atoms with Gasteiger partial charge in [-0.3, -0.25) is 0 Å². The Bertz CT molecular complexity index is 1200. The molecule has 0 aliphatic heterocycles. The molecular weight excluding hydrogens is 350 g/mol. The highest BCUT2D eigenvalue weighted by Crippen LogP contribution is 2.32. The van der Waals surface area contributed by atoms with Gasteiger partial charge in [0, 0.05) is 10.8 Å². The van der Waals surface area contributed by atoms with E-state index in [-0.39, 0.29) is 4.90 Å². The van der Waals surface area contributed by atoms with Crippen LogP contribution in [0.3, 0.4) is 0 Å². The third-order valence-corrected chi connectivity index (χ3v) is 5.77. The maximum absolute atomic E-state index is 13.3. The van der Waals surface area contributed by atoms with E-state index in [2.05, 4.69) is 10.3 Å². The van der Waals surface area contributed by atoms with Crippen LogP contribution in [-0.2, 0) is 10.0 Å². The number of rotatable bonds is 5. The molecule has 0 atom stereocenters. The molecule has 6 nitrogen and oxygen atoms in total. The first-order chi connectivity index (χ1) is 12.6. The fraction of sp³-hybridized carbons (Fsp3) is 0.158. The summed E-state index contributed by atoms with van der Waals surface area (Å²) in [5.74, 6) is 0.671. The van der Waals surface area contributed by atoms with Crippen molar-refractivity contribution in [2.75, 3.05) is 6.61 Å². The Morgan fingerprint density at radius 2 is 1.69 bits per heavy atom. The first kappa shape index (κ1) is 16.5. The van der Waals surface area contributed by atoms with Gasteiger partial charge in [0.25, 0.3) is 10.0 Å². The van der Waals surface area contributed by atoms with E-state index in [4.69, 9.17) is 4.74 Å². The third-order valence-electron chi connectivity index (χ3n) is 4.13. The van der Waals surface area contributed by atoms with Crippen LogP contribution >= 0.6 is 0 Å². The monoisotopic (exact) mass is 367 g/mol. The lowest BCUT2D eigenvalue weighted by molar-refractivity contribution is 0.321. The molecule has 1 aromatic heterocycles. The van der Waals surface area contributed by atoms with Gasteiger partial charge in [-0.1, -0.05) is 48.5 Å². The van der Waals surface area contributed by atoms with Crippen LogP contribution in [0, 0.1) is 0 Å². The Kier molecular flexibility index (Phi) is 4.08. The Hall–Kier alpha value is -2.93. The van der Waals surface area contributed by atoms with E-state index in [1.54, 1.807) is 42.5 Å². The Morgan fingerprint density at radius 3 is 2.50 bits per heavy atom. The summed E-state index contributed by atoms with van der Waals surface area (Å²) >= 11 is 0. The van der Waals surface area contributed by atoms with Crippen molar-refractivity contribution >= 4 is 31.8 Å². The highest BCUT2D eigenvalue weighted by Gasteiger charge is 2.24. The molecule has 3 aromatic carbocycles. The van der Waals surface area contributed by atoms with Gasteiger partial charge in [-0.05, 0) is 30.7 Å². The second-order valence-electron chi connectivity index (χ2n) is 5.88. The van der Waals surface area contributed by atoms with Gasteiger partial charge in [-0.15, -0.1) is 9.19 Å². The molecule has 1 heterocycles. The summed E-state index contributed by atoms with van der Waals surface area (Å²) < 4.78 is 33.3.